The first-order chi connectivity index (χ1) is 6.61. The molecule has 0 aliphatic carbocycles. The van der Waals surface area contributed by atoms with Crippen molar-refractivity contribution in [2.24, 2.45) is 0 Å². The second kappa shape index (κ2) is 4.87. The van der Waals surface area contributed by atoms with E-state index in [0.29, 0.717) is 0 Å². The molecule has 6 heteroatoms. The van der Waals surface area contributed by atoms with Gasteiger partial charge in [-0.05, 0) is 0 Å². The number of aromatic nitrogens is 1. The number of hydrogen-bond acceptors (Lipinski definition) is 2. The van der Waals surface area contributed by atoms with Gasteiger partial charge in [-0.15, -0.1) is 11.6 Å². The third kappa shape index (κ3) is 2.13. The summed E-state index contributed by atoms with van der Waals surface area (Å²) in [7, 11) is 0. The number of halogens is 4. The molecule has 0 unspecified atom stereocenters. The summed E-state index contributed by atoms with van der Waals surface area (Å²) in [6.07, 6.45) is -1.63. The first-order valence-electron chi connectivity index (χ1n) is 3.73. The van der Waals surface area contributed by atoms with Crippen molar-refractivity contribution in [1.82, 2.24) is 4.98 Å². The average Bonchev–Trinajstić information content (AvgIpc) is 2.16. The molecule has 0 saturated heterocycles. The minimum absolute atomic E-state index is 0.108. The molecule has 2 nitrogen and oxygen atoms in total. The summed E-state index contributed by atoms with van der Waals surface area (Å²) in [6.45, 7) is -0.427. The van der Waals surface area contributed by atoms with Crippen LogP contribution in [-0.4, -0.2) is 10.1 Å². The molecule has 0 aliphatic heterocycles. The normalized spacial score (nSPS) is 11.0. The molecule has 1 N–H and O–H groups in total. The average molecular weight is 242 g/mol. The molecule has 14 heavy (non-hydrogen) atoms. The van der Waals surface area contributed by atoms with Gasteiger partial charge in [0.25, 0.3) is 6.43 Å². The van der Waals surface area contributed by atoms with Crippen LogP contribution < -0.4 is 0 Å². The standard InChI is InChI=1S/C8H7Cl2F2NO/c9-1-4-5(3-14)6(10)2-13-7(4)8(11)12/h2,8,14H,1,3H2. The molecule has 0 aliphatic rings. The van der Waals surface area contributed by atoms with Crippen molar-refractivity contribution < 1.29 is 13.9 Å². The van der Waals surface area contributed by atoms with E-state index in [4.69, 9.17) is 28.3 Å². The Labute approximate surface area is 89.5 Å². The van der Waals surface area contributed by atoms with Crippen molar-refractivity contribution in [2.45, 2.75) is 18.9 Å². The van der Waals surface area contributed by atoms with Crippen LogP contribution in [0, 0.1) is 0 Å². The van der Waals surface area contributed by atoms with Crippen LogP contribution in [-0.2, 0) is 12.5 Å². The third-order valence-electron chi connectivity index (χ3n) is 1.78. The van der Waals surface area contributed by atoms with Crippen LogP contribution in [0.5, 0.6) is 0 Å². The molecule has 1 aromatic heterocycles. The number of aliphatic hydroxyl groups is 1. The first-order valence-corrected chi connectivity index (χ1v) is 4.64. The zero-order valence-electron chi connectivity index (χ0n) is 6.98. The molecule has 0 aromatic carbocycles. The third-order valence-corrected chi connectivity index (χ3v) is 2.37. The lowest BCUT2D eigenvalue weighted by atomic mass is 10.1. The van der Waals surface area contributed by atoms with Gasteiger partial charge in [0.05, 0.1) is 11.6 Å². The Balaban J connectivity index is 3.33. The summed E-state index contributed by atoms with van der Waals surface area (Å²) in [4.78, 5) is 3.48. The topological polar surface area (TPSA) is 33.1 Å². The van der Waals surface area contributed by atoms with E-state index < -0.39 is 18.7 Å². The maximum Gasteiger partial charge on any atom is 0.280 e. The lowest BCUT2D eigenvalue weighted by molar-refractivity contribution is 0.144. The molecule has 1 heterocycles. The fourth-order valence-electron chi connectivity index (χ4n) is 1.09. The summed E-state index contributed by atoms with van der Waals surface area (Å²) in [5.74, 6) is -0.150. The second-order valence-corrected chi connectivity index (χ2v) is 3.22. The van der Waals surface area contributed by atoms with Crippen LogP contribution in [0.2, 0.25) is 5.02 Å². The van der Waals surface area contributed by atoms with Crippen molar-refractivity contribution in [3.05, 3.63) is 28.0 Å². The van der Waals surface area contributed by atoms with Gasteiger partial charge in [0.15, 0.2) is 0 Å². The van der Waals surface area contributed by atoms with Gasteiger partial charge in [0.2, 0.25) is 0 Å². The zero-order chi connectivity index (χ0) is 10.7. The molecular weight excluding hydrogens is 235 g/mol. The van der Waals surface area contributed by atoms with Crippen LogP contribution in [0.1, 0.15) is 23.2 Å². The fourth-order valence-corrected chi connectivity index (χ4v) is 1.61. The monoisotopic (exact) mass is 241 g/mol. The van der Waals surface area contributed by atoms with Gasteiger partial charge < -0.3 is 5.11 Å². The van der Waals surface area contributed by atoms with Crippen molar-refractivity contribution in [3.63, 3.8) is 0 Å². The minimum Gasteiger partial charge on any atom is -0.392 e. The molecule has 1 rings (SSSR count). The molecule has 0 bridgehead atoms. The van der Waals surface area contributed by atoms with Crippen molar-refractivity contribution in [2.75, 3.05) is 0 Å². The highest BCUT2D eigenvalue weighted by molar-refractivity contribution is 6.31. The SMILES string of the molecule is OCc1c(Cl)cnc(C(F)F)c1CCl. The maximum absolute atomic E-state index is 12.4. The number of nitrogens with zero attached hydrogens (tertiary/aromatic N) is 1. The Kier molecular flexibility index (Phi) is 4.04. The van der Waals surface area contributed by atoms with Crippen molar-refractivity contribution in [3.8, 4) is 0 Å². The molecule has 78 valence electrons. The van der Waals surface area contributed by atoms with E-state index in [1.807, 2.05) is 0 Å². The zero-order valence-corrected chi connectivity index (χ0v) is 8.49. The van der Waals surface area contributed by atoms with Crippen LogP contribution in [0.3, 0.4) is 0 Å². The number of alkyl halides is 3. The molecule has 0 spiro atoms. The predicted molar refractivity (Wildman–Crippen MR) is 49.7 cm³/mol. The highest BCUT2D eigenvalue weighted by Gasteiger charge is 2.18. The highest BCUT2D eigenvalue weighted by atomic mass is 35.5. The van der Waals surface area contributed by atoms with Gasteiger partial charge in [-0.25, -0.2) is 8.78 Å². The predicted octanol–water partition coefficient (Wildman–Crippen LogP) is 2.90. The smallest absolute Gasteiger partial charge is 0.280 e. The molecule has 0 fully saturated rings. The van der Waals surface area contributed by atoms with Gasteiger partial charge in [-0.3, -0.25) is 4.98 Å². The summed E-state index contributed by atoms with van der Waals surface area (Å²) in [5.41, 5.74) is -0.0999. The van der Waals surface area contributed by atoms with Crippen molar-refractivity contribution >= 4 is 23.2 Å². The van der Waals surface area contributed by atoms with E-state index >= 15 is 0 Å². The van der Waals surface area contributed by atoms with Crippen LogP contribution >= 0.6 is 23.2 Å². The largest absolute Gasteiger partial charge is 0.392 e. The molecule has 0 radical (unpaired) electrons. The van der Waals surface area contributed by atoms with Gasteiger partial charge in [-0.1, -0.05) is 11.6 Å². The highest BCUT2D eigenvalue weighted by Crippen LogP contribution is 2.29. The Bertz CT molecular complexity index is 333. The first kappa shape index (κ1) is 11.6. The second-order valence-electron chi connectivity index (χ2n) is 2.54. The van der Waals surface area contributed by atoms with E-state index in [1.165, 1.54) is 0 Å². The summed E-state index contributed by atoms with van der Waals surface area (Å²) in [5, 5.41) is 9.07. The maximum atomic E-state index is 12.4. The summed E-state index contributed by atoms with van der Waals surface area (Å²) >= 11 is 11.1. The van der Waals surface area contributed by atoms with E-state index in [-0.39, 0.29) is 22.0 Å². The number of hydrogen-bond donors (Lipinski definition) is 1. The number of pyridine rings is 1. The van der Waals surface area contributed by atoms with Gasteiger partial charge in [-0.2, -0.15) is 0 Å². The number of aliphatic hydroxyl groups excluding tert-OH is 1. The van der Waals surface area contributed by atoms with Crippen LogP contribution in [0.15, 0.2) is 6.20 Å². The lowest BCUT2D eigenvalue weighted by Crippen LogP contribution is -2.03. The number of rotatable bonds is 3. The Morgan fingerprint density at radius 2 is 2.07 bits per heavy atom. The fraction of sp³-hybridized carbons (Fsp3) is 0.375. The molecule has 0 amide bonds. The van der Waals surface area contributed by atoms with Gasteiger partial charge in [0.1, 0.15) is 5.69 Å². The van der Waals surface area contributed by atoms with Crippen LogP contribution in [0.25, 0.3) is 0 Å². The van der Waals surface area contributed by atoms with E-state index in [1.54, 1.807) is 0 Å². The van der Waals surface area contributed by atoms with Crippen LogP contribution in [0.4, 0.5) is 8.78 Å². The summed E-state index contributed by atoms with van der Waals surface area (Å²) < 4.78 is 24.8. The molecule has 1 aromatic rings. The lowest BCUT2D eigenvalue weighted by Gasteiger charge is -2.10. The molecule has 0 saturated carbocycles. The summed E-state index contributed by atoms with van der Waals surface area (Å²) in [6, 6.07) is 0. The van der Waals surface area contributed by atoms with Crippen molar-refractivity contribution in [1.29, 1.82) is 0 Å². The molecule has 0 atom stereocenters. The molecular formula is C8H7Cl2F2NO. The Hall–Kier alpha value is -0.450. The van der Waals surface area contributed by atoms with Gasteiger partial charge in [0, 0.05) is 23.2 Å². The van der Waals surface area contributed by atoms with E-state index in [9.17, 15) is 8.78 Å². The Morgan fingerprint density at radius 3 is 2.50 bits per heavy atom. The quantitative estimate of drug-likeness (QED) is 0.826. The van der Waals surface area contributed by atoms with Gasteiger partial charge >= 0.3 is 0 Å². The minimum atomic E-state index is -2.72. The van der Waals surface area contributed by atoms with E-state index in [0.717, 1.165) is 6.20 Å². The van der Waals surface area contributed by atoms with E-state index in [2.05, 4.69) is 4.98 Å². The Morgan fingerprint density at radius 1 is 1.43 bits per heavy atom.